The molecular weight excluding hydrogens is 498 g/mol. The third-order valence-electron chi connectivity index (χ3n) is 7.53. The maximum absolute atomic E-state index is 14.2. The first-order valence-electron chi connectivity index (χ1n) is 12.2. The summed E-state index contributed by atoms with van der Waals surface area (Å²) in [6.45, 7) is 3.32. The predicted molar refractivity (Wildman–Crippen MR) is 136 cm³/mol. The van der Waals surface area contributed by atoms with Crippen LogP contribution in [0.15, 0.2) is 43.1 Å². The average molecular weight is 523 g/mol. The maximum atomic E-state index is 14.2. The first-order valence-corrected chi connectivity index (χ1v) is 12.5. The summed E-state index contributed by atoms with van der Waals surface area (Å²) in [6.07, 6.45) is 8.12. The molecule has 190 valence electrons. The zero-order chi connectivity index (χ0) is 25.5. The standard InChI is InChI=1S/C26H25ClF2N8/c27-24-19(20(28)1-2-21(24)29)14-35-7-9-36(10-8-35)22-11-23(17(22)3-5-30)37-13-16(12-34-37)25-18-4-6-31-26(18)33-15-32-25/h1-2,4,6,12-13,15,17,22-23H,7-11,14,30H2,(H,31,32,33)/t17?,22?,23-/m0/s1. The fourth-order valence-corrected chi connectivity index (χ4v) is 5.69. The van der Waals surface area contributed by atoms with Crippen LogP contribution in [0.2, 0.25) is 5.02 Å². The van der Waals surface area contributed by atoms with Gasteiger partial charge in [0.1, 0.15) is 23.6 Å². The zero-order valence-corrected chi connectivity index (χ0v) is 20.7. The minimum Gasteiger partial charge on any atom is -0.359 e. The van der Waals surface area contributed by atoms with Gasteiger partial charge in [0.25, 0.3) is 0 Å². The second-order valence-electron chi connectivity index (χ2n) is 9.49. The highest BCUT2D eigenvalue weighted by Crippen LogP contribution is 2.42. The Morgan fingerprint density at radius 1 is 1.08 bits per heavy atom. The Labute approximate surface area is 217 Å². The molecule has 2 unspecified atom stereocenters. The summed E-state index contributed by atoms with van der Waals surface area (Å²) in [6, 6.07) is 7.12. The predicted octanol–water partition coefficient (Wildman–Crippen LogP) is 3.42. The fourth-order valence-electron chi connectivity index (χ4n) is 5.47. The van der Waals surface area contributed by atoms with Crippen LogP contribution in [0.25, 0.3) is 22.3 Å². The molecule has 1 saturated heterocycles. The van der Waals surface area contributed by atoms with E-state index < -0.39 is 11.6 Å². The van der Waals surface area contributed by atoms with Crippen molar-refractivity contribution in [2.45, 2.75) is 25.0 Å². The molecule has 0 radical (unpaired) electrons. The molecule has 0 amide bonds. The highest BCUT2D eigenvalue weighted by Gasteiger charge is 2.45. The fraction of sp³-hybridized carbons (Fsp3) is 0.346. The summed E-state index contributed by atoms with van der Waals surface area (Å²) in [4.78, 5) is 16.3. The van der Waals surface area contributed by atoms with Gasteiger partial charge in [0, 0.05) is 73.7 Å². The van der Waals surface area contributed by atoms with E-state index in [1.807, 2.05) is 29.3 Å². The van der Waals surface area contributed by atoms with E-state index in [1.54, 1.807) is 6.33 Å². The molecule has 1 aliphatic heterocycles. The van der Waals surface area contributed by atoms with E-state index in [0.717, 1.165) is 67.0 Å². The molecule has 8 nitrogen and oxygen atoms in total. The first kappa shape index (κ1) is 23.9. The van der Waals surface area contributed by atoms with Crippen LogP contribution >= 0.6 is 11.6 Å². The molecule has 6 rings (SSSR count). The highest BCUT2D eigenvalue weighted by molar-refractivity contribution is 6.31. The molecule has 2 fully saturated rings. The van der Waals surface area contributed by atoms with Gasteiger partial charge >= 0.3 is 0 Å². The van der Waals surface area contributed by atoms with Crippen molar-refractivity contribution in [1.29, 1.82) is 0 Å². The number of aromatic nitrogens is 5. The molecule has 3 atom stereocenters. The summed E-state index contributed by atoms with van der Waals surface area (Å²) < 4.78 is 30.0. The van der Waals surface area contributed by atoms with Crippen molar-refractivity contribution >= 4 is 22.6 Å². The molecule has 37 heavy (non-hydrogen) atoms. The van der Waals surface area contributed by atoms with Gasteiger partial charge in [0.15, 0.2) is 0 Å². The van der Waals surface area contributed by atoms with E-state index in [2.05, 4.69) is 41.8 Å². The number of piperazine rings is 1. The van der Waals surface area contributed by atoms with Crippen LogP contribution in [0.3, 0.4) is 0 Å². The van der Waals surface area contributed by atoms with Crippen LogP contribution in [-0.4, -0.2) is 66.8 Å². The van der Waals surface area contributed by atoms with Crippen LogP contribution < -0.4 is 5.73 Å². The monoisotopic (exact) mass is 522 g/mol. The number of benzene rings is 1. The van der Waals surface area contributed by atoms with Crippen LogP contribution in [0, 0.1) is 29.5 Å². The number of nitrogens with zero attached hydrogens (tertiary/aromatic N) is 6. The van der Waals surface area contributed by atoms with Gasteiger partial charge in [-0.15, -0.1) is 0 Å². The van der Waals surface area contributed by atoms with Gasteiger partial charge < -0.3 is 10.7 Å². The number of nitrogens with one attached hydrogen (secondary N) is 1. The molecule has 2 aliphatic rings. The third kappa shape index (κ3) is 4.33. The van der Waals surface area contributed by atoms with Crippen molar-refractivity contribution in [2.75, 3.05) is 26.2 Å². The largest absolute Gasteiger partial charge is 0.359 e. The second-order valence-corrected chi connectivity index (χ2v) is 9.87. The minimum absolute atomic E-state index is 0.0390. The lowest BCUT2D eigenvalue weighted by molar-refractivity contribution is 0.00227. The van der Waals surface area contributed by atoms with Gasteiger partial charge in [-0.1, -0.05) is 17.5 Å². The van der Waals surface area contributed by atoms with Gasteiger partial charge in [0.05, 0.1) is 28.9 Å². The number of nitrogens with two attached hydrogens (primary N) is 1. The molecule has 1 aliphatic carbocycles. The lowest BCUT2D eigenvalue weighted by Crippen LogP contribution is -2.58. The first-order chi connectivity index (χ1) is 18.0. The summed E-state index contributed by atoms with van der Waals surface area (Å²) in [5.74, 6) is 2.16. The third-order valence-corrected chi connectivity index (χ3v) is 7.94. The number of H-pyrrole nitrogens is 1. The number of aromatic amines is 1. The van der Waals surface area contributed by atoms with Crippen molar-refractivity contribution < 1.29 is 8.78 Å². The Hall–Kier alpha value is -3.52. The molecule has 0 spiro atoms. The van der Waals surface area contributed by atoms with Crippen LogP contribution in [0.5, 0.6) is 0 Å². The SMILES string of the molecule is NC#CC1C(N2CCN(Cc3c(F)ccc(F)c3Cl)CC2)C[C@@H]1n1cc(-c2ncnc3[nH]ccc23)cn1. The smallest absolute Gasteiger partial charge is 0.142 e. The summed E-state index contributed by atoms with van der Waals surface area (Å²) in [5.41, 5.74) is 8.40. The van der Waals surface area contributed by atoms with Crippen molar-refractivity contribution in [3.63, 3.8) is 0 Å². The molecule has 0 bridgehead atoms. The topological polar surface area (TPSA) is 91.9 Å². The van der Waals surface area contributed by atoms with E-state index >= 15 is 0 Å². The summed E-state index contributed by atoms with van der Waals surface area (Å²) >= 11 is 6.02. The molecule has 1 saturated carbocycles. The molecule has 3 N–H and O–H groups in total. The Morgan fingerprint density at radius 2 is 1.89 bits per heavy atom. The minimum atomic E-state index is -0.598. The maximum Gasteiger partial charge on any atom is 0.142 e. The normalized spacial score (nSPS) is 22.5. The Bertz CT molecular complexity index is 1500. The van der Waals surface area contributed by atoms with E-state index in [-0.39, 0.29) is 35.1 Å². The van der Waals surface area contributed by atoms with E-state index in [0.29, 0.717) is 0 Å². The zero-order valence-electron chi connectivity index (χ0n) is 19.9. The molecular formula is C26H25ClF2N8. The molecule has 3 aromatic heterocycles. The van der Waals surface area contributed by atoms with Crippen molar-refractivity contribution in [1.82, 2.24) is 34.5 Å². The molecule has 4 aromatic rings. The number of hydrogen-bond acceptors (Lipinski definition) is 6. The Morgan fingerprint density at radius 3 is 2.70 bits per heavy atom. The van der Waals surface area contributed by atoms with Gasteiger partial charge in [-0.3, -0.25) is 14.5 Å². The average Bonchev–Trinajstić information content (AvgIpc) is 3.58. The van der Waals surface area contributed by atoms with Gasteiger partial charge in [0.2, 0.25) is 0 Å². The molecule has 1 aromatic carbocycles. The van der Waals surface area contributed by atoms with Gasteiger partial charge in [-0.25, -0.2) is 18.7 Å². The van der Waals surface area contributed by atoms with E-state index in [9.17, 15) is 8.78 Å². The Kier molecular flexibility index (Phi) is 6.28. The number of halogens is 3. The van der Waals surface area contributed by atoms with Crippen LogP contribution in [0.4, 0.5) is 8.78 Å². The number of fused-ring (bicyclic) bond motifs is 1. The second kappa shape index (κ2) is 9.74. The van der Waals surface area contributed by atoms with Crippen molar-refractivity contribution in [3.05, 3.63) is 65.3 Å². The van der Waals surface area contributed by atoms with Crippen LogP contribution in [-0.2, 0) is 6.54 Å². The highest BCUT2D eigenvalue weighted by atomic mass is 35.5. The quantitative estimate of drug-likeness (QED) is 0.237. The van der Waals surface area contributed by atoms with Crippen molar-refractivity contribution in [2.24, 2.45) is 11.7 Å². The van der Waals surface area contributed by atoms with Crippen LogP contribution in [0.1, 0.15) is 18.0 Å². The van der Waals surface area contributed by atoms with Gasteiger partial charge in [-0.05, 0) is 24.6 Å². The lowest BCUT2D eigenvalue weighted by Gasteiger charge is -2.50. The van der Waals surface area contributed by atoms with E-state index in [4.69, 9.17) is 17.3 Å². The number of hydrogen-bond donors (Lipinski definition) is 2. The molecule has 11 heteroatoms. The van der Waals surface area contributed by atoms with E-state index in [1.165, 1.54) is 0 Å². The number of rotatable bonds is 5. The summed E-state index contributed by atoms with van der Waals surface area (Å²) in [5, 5.41) is 5.44. The lowest BCUT2D eigenvalue weighted by atomic mass is 9.73. The molecule has 4 heterocycles. The van der Waals surface area contributed by atoms with Crippen molar-refractivity contribution in [3.8, 4) is 23.2 Å². The Balaban J connectivity index is 1.12. The van der Waals surface area contributed by atoms with Gasteiger partial charge in [-0.2, -0.15) is 5.10 Å². The summed E-state index contributed by atoms with van der Waals surface area (Å²) in [7, 11) is 0.